The van der Waals surface area contributed by atoms with Gasteiger partial charge in [-0.2, -0.15) is 13.2 Å². The lowest BCUT2D eigenvalue weighted by Gasteiger charge is -2.14. The number of hydrogen-bond donors (Lipinski definition) is 1. The zero-order valence-electron chi connectivity index (χ0n) is 15.3. The van der Waals surface area contributed by atoms with Crippen LogP contribution in [0.3, 0.4) is 0 Å². The van der Waals surface area contributed by atoms with Crippen LogP contribution in [0.5, 0.6) is 0 Å². The smallest absolute Gasteiger partial charge is 0.356 e. The summed E-state index contributed by atoms with van der Waals surface area (Å²) in [7, 11) is 0. The van der Waals surface area contributed by atoms with Crippen molar-refractivity contribution in [2.45, 2.75) is 12.7 Å². The first kappa shape index (κ1) is 19.0. The van der Waals surface area contributed by atoms with Gasteiger partial charge in [0.1, 0.15) is 5.69 Å². The third kappa shape index (κ3) is 3.93. The van der Waals surface area contributed by atoms with Gasteiger partial charge < -0.3 is 10.3 Å². The first-order chi connectivity index (χ1) is 14.0. The molecule has 4 aromatic rings. The summed E-state index contributed by atoms with van der Waals surface area (Å²) in [5.74, 6) is 0.271. The van der Waals surface area contributed by atoms with Gasteiger partial charge in [0.15, 0.2) is 5.76 Å². The van der Waals surface area contributed by atoms with E-state index >= 15 is 0 Å². The average molecular weight is 394 g/mol. The molecule has 0 saturated carbocycles. The lowest BCUT2D eigenvalue weighted by Crippen LogP contribution is -2.07. The maximum absolute atomic E-state index is 13.7. The maximum atomic E-state index is 13.7. The molecule has 3 aromatic carbocycles. The van der Waals surface area contributed by atoms with E-state index in [-0.39, 0.29) is 11.3 Å². The fourth-order valence-corrected chi connectivity index (χ4v) is 3.16. The Hall–Kier alpha value is -3.38. The van der Waals surface area contributed by atoms with Gasteiger partial charge in [-0.05, 0) is 22.8 Å². The zero-order chi connectivity index (χ0) is 20.4. The molecular formula is C23H17F3N2O. The maximum Gasteiger partial charge on any atom is 0.417 e. The van der Waals surface area contributed by atoms with E-state index in [2.05, 4.69) is 5.16 Å². The van der Waals surface area contributed by atoms with Crippen LogP contribution in [-0.4, -0.2) is 5.16 Å². The van der Waals surface area contributed by atoms with Crippen molar-refractivity contribution < 1.29 is 17.7 Å². The van der Waals surface area contributed by atoms with E-state index in [1.54, 1.807) is 42.5 Å². The molecule has 0 radical (unpaired) electrons. The van der Waals surface area contributed by atoms with Gasteiger partial charge in [-0.3, -0.25) is 0 Å². The highest BCUT2D eigenvalue weighted by Gasteiger charge is 2.34. The predicted molar refractivity (Wildman–Crippen MR) is 106 cm³/mol. The third-order valence-corrected chi connectivity index (χ3v) is 4.69. The van der Waals surface area contributed by atoms with Crippen LogP contribution < -0.4 is 5.73 Å². The summed E-state index contributed by atoms with van der Waals surface area (Å²) in [4.78, 5) is 0. The molecule has 3 nitrogen and oxygen atoms in total. The van der Waals surface area contributed by atoms with Gasteiger partial charge in [0, 0.05) is 23.7 Å². The molecule has 6 heteroatoms. The number of hydrogen-bond acceptors (Lipinski definition) is 3. The van der Waals surface area contributed by atoms with Gasteiger partial charge in [0.05, 0.1) is 5.56 Å². The van der Waals surface area contributed by atoms with Crippen molar-refractivity contribution in [2.24, 2.45) is 5.73 Å². The van der Waals surface area contributed by atoms with Gasteiger partial charge in [0.25, 0.3) is 0 Å². The number of alkyl halides is 3. The van der Waals surface area contributed by atoms with Gasteiger partial charge in [-0.1, -0.05) is 71.9 Å². The van der Waals surface area contributed by atoms with Gasteiger partial charge >= 0.3 is 6.18 Å². The molecule has 0 amide bonds. The van der Waals surface area contributed by atoms with E-state index in [1.807, 2.05) is 24.3 Å². The molecule has 0 unspecified atom stereocenters. The Morgan fingerprint density at radius 1 is 0.793 bits per heavy atom. The molecule has 146 valence electrons. The van der Waals surface area contributed by atoms with Crippen molar-refractivity contribution in [3.05, 3.63) is 90.0 Å². The quantitative estimate of drug-likeness (QED) is 0.451. The highest BCUT2D eigenvalue weighted by molar-refractivity contribution is 5.74. The zero-order valence-corrected chi connectivity index (χ0v) is 15.3. The second-order valence-corrected chi connectivity index (χ2v) is 6.60. The van der Waals surface area contributed by atoms with E-state index in [9.17, 15) is 13.2 Å². The molecule has 0 aliphatic rings. The summed E-state index contributed by atoms with van der Waals surface area (Å²) in [5.41, 5.74) is 8.14. The summed E-state index contributed by atoms with van der Waals surface area (Å²) in [6.07, 6.45) is -4.50. The highest BCUT2D eigenvalue weighted by atomic mass is 19.4. The molecule has 0 atom stereocenters. The van der Waals surface area contributed by atoms with E-state index in [4.69, 9.17) is 10.3 Å². The minimum atomic E-state index is -4.50. The minimum Gasteiger partial charge on any atom is -0.356 e. The molecule has 2 N–H and O–H groups in total. The lowest BCUT2D eigenvalue weighted by atomic mass is 9.96. The highest BCUT2D eigenvalue weighted by Crippen LogP contribution is 2.39. The standard InChI is InChI=1S/C23H17F3N2O/c24-23(25,26)20-12-18(10-11-19(20)16-4-2-1-3-5-16)22-13-21(28-29-22)17-8-6-15(14-27)7-9-17/h1-13H,14,27H2. The second kappa shape index (κ2) is 7.56. The molecule has 0 aliphatic heterocycles. The number of benzene rings is 3. The third-order valence-electron chi connectivity index (χ3n) is 4.69. The number of aromatic nitrogens is 1. The molecule has 0 spiro atoms. The number of nitrogens with zero attached hydrogens (tertiary/aromatic N) is 1. The summed E-state index contributed by atoms with van der Waals surface area (Å²) in [6.45, 7) is 0.429. The van der Waals surface area contributed by atoms with Crippen molar-refractivity contribution >= 4 is 0 Å². The van der Waals surface area contributed by atoms with Gasteiger partial charge in [0.2, 0.25) is 0 Å². The Kier molecular flexibility index (Phi) is 4.94. The topological polar surface area (TPSA) is 52.0 Å². The number of nitrogens with two attached hydrogens (primary N) is 1. The second-order valence-electron chi connectivity index (χ2n) is 6.60. The van der Waals surface area contributed by atoms with Crippen molar-refractivity contribution in [2.75, 3.05) is 0 Å². The Morgan fingerprint density at radius 2 is 1.48 bits per heavy atom. The van der Waals surface area contributed by atoms with Gasteiger partial charge in [-0.15, -0.1) is 0 Å². The molecule has 0 saturated heterocycles. The van der Waals surface area contributed by atoms with Crippen molar-refractivity contribution in [1.29, 1.82) is 0 Å². The SMILES string of the molecule is NCc1ccc(-c2cc(-c3ccc(-c4ccccc4)c(C(F)(F)F)c3)on2)cc1. The van der Waals surface area contributed by atoms with E-state index in [0.717, 1.165) is 17.2 Å². The van der Waals surface area contributed by atoms with Crippen LogP contribution in [0.2, 0.25) is 0 Å². The van der Waals surface area contributed by atoms with Crippen molar-refractivity contribution in [1.82, 2.24) is 5.16 Å². The van der Waals surface area contributed by atoms with E-state index in [0.29, 0.717) is 23.4 Å². The molecule has 29 heavy (non-hydrogen) atoms. The van der Waals surface area contributed by atoms with Crippen LogP contribution in [-0.2, 0) is 12.7 Å². The average Bonchev–Trinajstić information content (AvgIpc) is 3.24. The summed E-state index contributed by atoms with van der Waals surface area (Å²) >= 11 is 0. The Labute approximate surface area is 165 Å². The summed E-state index contributed by atoms with van der Waals surface area (Å²) < 4.78 is 46.5. The molecule has 1 heterocycles. The molecule has 0 aliphatic carbocycles. The lowest BCUT2D eigenvalue weighted by molar-refractivity contribution is -0.137. The fraction of sp³-hybridized carbons (Fsp3) is 0.0870. The van der Waals surface area contributed by atoms with Crippen LogP contribution >= 0.6 is 0 Å². The molecule has 4 rings (SSSR count). The normalized spacial score (nSPS) is 11.6. The number of rotatable bonds is 4. The van der Waals surface area contributed by atoms with Crippen LogP contribution in [0.1, 0.15) is 11.1 Å². The van der Waals surface area contributed by atoms with E-state index in [1.165, 1.54) is 6.07 Å². The van der Waals surface area contributed by atoms with Crippen LogP contribution in [0.15, 0.2) is 83.4 Å². The first-order valence-corrected chi connectivity index (χ1v) is 8.99. The van der Waals surface area contributed by atoms with Gasteiger partial charge in [-0.25, -0.2) is 0 Å². The Morgan fingerprint density at radius 3 is 2.14 bits per heavy atom. The fourth-order valence-electron chi connectivity index (χ4n) is 3.16. The molecule has 0 fully saturated rings. The summed E-state index contributed by atoms with van der Waals surface area (Å²) in [6, 6.07) is 21.8. The molecule has 0 bridgehead atoms. The van der Waals surface area contributed by atoms with E-state index < -0.39 is 11.7 Å². The Bertz CT molecular complexity index is 1120. The minimum absolute atomic E-state index is 0.124. The molecular weight excluding hydrogens is 377 g/mol. The van der Waals surface area contributed by atoms with Crippen LogP contribution in [0, 0.1) is 0 Å². The Balaban J connectivity index is 1.73. The monoisotopic (exact) mass is 394 g/mol. The largest absolute Gasteiger partial charge is 0.417 e. The summed E-state index contributed by atoms with van der Waals surface area (Å²) in [5, 5.41) is 4.00. The number of halogens is 3. The van der Waals surface area contributed by atoms with Crippen LogP contribution in [0.4, 0.5) is 13.2 Å². The van der Waals surface area contributed by atoms with Crippen molar-refractivity contribution in [3.8, 4) is 33.7 Å². The molecule has 1 aromatic heterocycles. The van der Waals surface area contributed by atoms with Crippen LogP contribution in [0.25, 0.3) is 33.7 Å². The predicted octanol–water partition coefficient (Wildman–Crippen LogP) is 6.15. The van der Waals surface area contributed by atoms with Crippen molar-refractivity contribution in [3.63, 3.8) is 0 Å². The first-order valence-electron chi connectivity index (χ1n) is 8.99.